The first-order valence-electron chi connectivity index (χ1n) is 10.3. The lowest BCUT2D eigenvalue weighted by Gasteiger charge is -2.33. The lowest BCUT2D eigenvalue weighted by molar-refractivity contribution is 0.455. The summed E-state index contributed by atoms with van der Waals surface area (Å²) < 4.78 is 4.88. The second-order valence-electron chi connectivity index (χ2n) is 8.73. The second-order valence-corrected chi connectivity index (χ2v) is 8.73. The molecule has 1 atom stereocenters. The largest absolute Gasteiger partial charge is 0.332 e. The molecule has 1 aliphatic heterocycles. The highest BCUT2D eigenvalue weighted by molar-refractivity contribution is 5.77. The van der Waals surface area contributed by atoms with Gasteiger partial charge in [0.1, 0.15) is 0 Å². The summed E-state index contributed by atoms with van der Waals surface area (Å²) in [7, 11) is 1.70. The normalized spacial score (nSPS) is 16.6. The Labute approximate surface area is 170 Å². The van der Waals surface area contributed by atoms with Crippen molar-refractivity contribution in [2.45, 2.75) is 47.2 Å². The molecule has 1 unspecified atom stereocenters. The van der Waals surface area contributed by atoms with Gasteiger partial charge in [-0.05, 0) is 42.9 Å². The van der Waals surface area contributed by atoms with Crippen LogP contribution >= 0.6 is 0 Å². The maximum absolute atomic E-state index is 13.3. The van der Waals surface area contributed by atoms with Crippen molar-refractivity contribution in [3.63, 3.8) is 0 Å². The van der Waals surface area contributed by atoms with E-state index in [1.54, 1.807) is 7.05 Å². The zero-order chi connectivity index (χ0) is 20.9. The van der Waals surface area contributed by atoms with Crippen molar-refractivity contribution < 1.29 is 0 Å². The summed E-state index contributed by atoms with van der Waals surface area (Å²) in [6, 6.07) is 8.29. The summed E-state index contributed by atoms with van der Waals surface area (Å²) in [6.07, 6.45) is 0.785. The molecule has 0 amide bonds. The van der Waals surface area contributed by atoms with Crippen LogP contribution in [0.15, 0.2) is 33.9 Å². The number of rotatable bonds is 4. The summed E-state index contributed by atoms with van der Waals surface area (Å²) in [5.41, 5.74) is 2.68. The molecule has 0 bridgehead atoms. The van der Waals surface area contributed by atoms with Crippen LogP contribution in [-0.2, 0) is 20.1 Å². The summed E-state index contributed by atoms with van der Waals surface area (Å²) in [4.78, 5) is 33.1. The molecule has 3 heterocycles. The molecule has 2 aromatic heterocycles. The topological polar surface area (TPSA) is 65.1 Å². The van der Waals surface area contributed by atoms with Crippen LogP contribution < -0.4 is 16.1 Å². The van der Waals surface area contributed by atoms with E-state index in [1.807, 2.05) is 10.6 Å². The third kappa shape index (κ3) is 3.28. The average molecular weight is 396 g/mol. The fourth-order valence-corrected chi connectivity index (χ4v) is 4.10. The molecule has 0 spiro atoms. The van der Waals surface area contributed by atoms with Gasteiger partial charge >= 0.3 is 5.69 Å². The Kier molecular flexibility index (Phi) is 4.84. The Morgan fingerprint density at radius 3 is 2.66 bits per heavy atom. The average Bonchev–Trinajstić information content (AvgIpc) is 3.05. The van der Waals surface area contributed by atoms with E-state index in [4.69, 9.17) is 4.98 Å². The van der Waals surface area contributed by atoms with Gasteiger partial charge < -0.3 is 9.47 Å². The number of imidazole rings is 1. The predicted octanol–water partition coefficient (Wildman–Crippen LogP) is 3.04. The summed E-state index contributed by atoms with van der Waals surface area (Å²) in [5.74, 6) is 1.50. The highest BCUT2D eigenvalue weighted by Gasteiger charge is 2.29. The van der Waals surface area contributed by atoms with E-state index in [9.17, 15) is 9.59 Å². The van der Waals surface area contributed by atoms with E-state index in [0.717, 1.165) is 24.6 Å². The summed E-state index contributed by atoms with van der Waals surface area (Å²) >= 11 is 0. The minimum atomic E-state index is -0.297. The van der Waals surface area contributed by atoms with Crippen molar-refractivity contribution in [1.82, 2.24) is 18.7 Å². The standard InChI is InChI=1S/C22H29N5O2/c1-14(2)9-10-25-20(28)18-19(24(5)22(25)29)23-21-26(12-16(4)13-27(18)21)17-8-6-7-15(3)11-17/h6-8,11,14,16H,9-10,12-13H2,1-5H3. The quantitative estimate of drug-likeness (QED) is 0.681. The Morgan fingerprint density at radius 2 is 1.97 bits per heavy atom. The van der Waals surface area contributed by atoms with E-state index in [0.29, 0.717) is 36.1 Å². The first-order valence-corrected chi connectivity index (χ1v) is 10.3. The number of hydrogen-bond acceptors (Lipinski definition) is 4. The van der Waals surface area contributed by atoms with Crippen LogP contribution in [0, 0.1) is 18.8 Å². The predicted molar refractivity (Wildman–Crippen MR) is 116 cm³/mol. The molecule has 0 aliphatic carbocycles. The molecule has 7 nitrogen and oxygen atoms in total. The molecule has 1 aromatic carbocycles. The van der Waals surface area contributed by atoms with Crippen molar-refractivity contribution >= 4 is 22.8 Å². The zero-order valence-corrected chi connectivity index (χ0v) is 17.8. The molecule has 7 heteroatoms. The van der Waals surface area contributed by atoms with Crippen LogP contribution in [0.2, 0.25) is 0 Å². The highest BCUT2D eigenvalue weighted by Crippen LogP contribution is 2.33. The van der Waals surface area contributed by atoms with Crippen molar-refractivity contribution in [1.29, 1.82) is 0 Å². The van der Waals surface area contributed by atoms with E-state index in [-0.39, 0.29) is 11.2 Å². The Morgan fingerprint density at radius 1 is 1.21 bits per heavy atom. The molecule has 1 aliphatic rings. The van der Waals surface area contributed by atoms with Crippen LogP contribution in [0.25, 0.3) is 11.2 Å². The molecule has 154 valence electrons. The minimum Gasteiger partial charge on any atom is -0.312 e. The second kappa shape index (κ2) is 7.21. The van der Waals surface area contributed by atoms with Crippen LogP contribution in [0.1, 0.15) is 32.8 Å². The van der Waals surface area contributed by atoms with Crippen LogP contribution in [0.5, 0.6) is 0 Å². The minimum absolute atomic E-state index is 0.235. The van der Waals surface area contributed by atoms with Crippen molar-refractivity contribution in [2.24, 2.45) is 18.9 Å². The Bertz CT molecular complexity index is 1180. The molecule has 4 rings (SSSR count). The van der Waals surface area contributed by atoms with Gasteiger partial charge in [-0.25, -0.2) is 4.79 Å². The molecule has 0 saturated heterocycles. The lowest BCUT2D eigenvalue weighted by atomic mass is 10.1. The number of benzene rings is 1. The monoisotopic (exact) mass is 395 g/mol. The zero-order valence-electron chi connectivity index (χ0n) is 17.8. The van der Waals surface area contributed by atoms with Crippen molar-refractivity contribution in [3.8, 4) is 0 Å². The number of anilines is 2. The number of aromatic nitrogens is 4. The van der Waals surface area contributed by atoms with Crippen LogP contribution in [-0.4, -0.2) is 25.2 Å². The van der Waals surface area contributed by atoms with Gasteiger partial charge in [0.2, 0.25) is 5.95 Å². The summed E-state index contributed by atoms with van der Waals surface area (Å²) in [6.45, 7) is 10.4. The molecular formula is C22H29N5O2. The van der Waals surface area contributed by atoms with Gasteiger partial charge in [-0.1, -0.05) is 32.9 Å². The molecule has 3 aromatic rings. The van der Waals surface area contributed by atoms with Gasteiger partial charge in [-0.3, -0.25) is 13.9 Å². The van der Waals surface area contributed by atoms with Crippen LogP contribution in [0.4, 0.5) is 11.6 Å². The van der Waals surface area contributed by atoms with Crippen molar-refractivity contribution in [3.05, 3.63) is 50.7 Å². The first kappa shape index (κ1) is 19.5. The van der Waals surface area contributed by atoms with Gasteiger partial charge in [-0.15, -0.1) is 0 Å². The maximum atomic E-state index is 13.3. The number of nitrogens with zero attached hydrogens (tertiary/aromatic N) is 5. The van der Waals surface area contributed by atoms with E-state index in [1.165, 1.54) is 14.7 Å². The van der Waals surface area contributed by atoms with Gasteiger partial charge in [-0.2, -0.15) is 4.98 Å². The fourth-order valence-electron chi connectivity index (χ4n) is 4.10. The third-order valence-electron chi connectivity index (χ3n) is 5.69. The maximum Gasteiger partial charge on any atom is 0.332 e. The SMILES string of the molecule is Cc1cccc(N2CC(C)Cn3c2nc2c3c(=O)n(CCC(C)C)c(=O)n2C)c1. The summed E-state index contributed by atoms with van der Waals surface area (Å²) in [5, 5.41) is 0. The van der Waals surface area contributed by atoms with Gasteiger partial charge in [0.25, 0.3) is 5.56 Å². The number of hydrogen-bond donors (Lipinski definition) is 0. The molecule has 0 fully saturated rings. The first-order chi connectivity index (χ1) is 13.8. The molecule has 0 N–H and O–H groups in total. The van der Waals surface area contributed by atoms with Gasteiger partial charge in [0, 0.05) is 32.4 Å². The smallest absolute Gasteiger partial charge is 0.312 e. The third-order valence-corrected chi connectivity index (χ3v) is 5.69. The van der Waals surface area contributed by atoms with E-state index >= 15 is 0 Å². The van der Waals surface area contributed by atoms with E-state index in [2.05, 4.69) is 50.8 Å². The molecule has 29 heavy (non-hydrogen) atoms. The van der Waals surface area contributed by atoms with Crippen molar-refractivity contribution in [2.75, 3.05) is 11.4 Å². The number of fused-ring (bicyclic) bond motifs is 3. The van der Waals surface area contributed by atoms with Gasteiger partial charge in [0.05, 0.1) is 0 Å². The number of aryl methyl sites for hydroxylation is 2. The van der Waals surface area contributed by atoms with E-state index < -0.39 is 0 Å². The van der Waals surface area contributed by atoms with Crippen LogP contribution in [0.3, 0.4) is 0 Å². The molecule has 0 saturated carbocycles. The molecule has 0 radical (unpaired) electrons. The highest BCUT2D eigenvalue weighted by atomic mass is 16.2. The molecular weight excluding hydrogens is 366 g/mol. The Hall–Kier alpha value is -2.83. The fraction of sp³-hybridized carbons (Fsp3) is 0.500. The Balaban J connectivity index is 1.95. The van der Waals surface area contributed by atoms with Gasteiger partial charge in [0.15, 0.2) is 11.2 Å². The lowest BCUT2D eigenvalue weighted by Crippen LogP contribution is -2.40.